The van der Waals surface area contributed by atoms with Crippen molar-refractivity contribution in [2.75, 3.05) is 31.1 Å². The number of alkyl halides is 3. The zero-order chi connectivity index (χ0) is 21.3. The van der Waals surface area contributed by atoms with Gasteiger partial charge in [-0.1, -0.05) is 30.8 Å². The van der Waals surface area contributed by atoms with Crippen molar-refractivity contribution in [1.29, 1.82) is 0 Å². The summed E-state index contributed by atoms with van der Waals surface area (Å²) in [5.74, 6) is 0. The molecule has 2 atom stereocenters. The lowest BCUT2D eigenvalue weighted by molar-refractivity contribution is -0.137. The average Bonchev–Trinajstić information content (AvgIpc) is 2.73. The van der Waals surface area contributed by atoms with E-state index in [2.05, 4.69) is 22.0 Å². The number of anilines is 2. The summed E-state index contributed by atoms with van der Waals surface area (Å²) in [6.07, 6.45) is -3.03. The van der Waals surface area contributed by atoms with Crippen LogP contribution in [-0.4, -0.2) is 48.5 Å². The van der Waals surface area contributed by atoms with Crippen molar-refractivity contribution in [3.63, 3.8) is 0 Å². The van der Waals surface area contributed by atoms with Gasteiger partial charge in [-0.15, -0.1) is 0 Å². The summed E-state index contributed by atoms with van der Waals surface area (Å²) < 4.78 is 40.5. The number of aliphatic hydroxyl groups is 1. The third kappa shape index (κ3) is 4.19. The van der Waals surface area contributed by atoms with E-state index in [0.29, 0.717) is 12.1 Å². The van der Waals surface area contributed by atoms with E-state index >= 15 is 0 Å². The van der Waals surface area contributed by atoms with Crippen LogP contribution in [-0.2, 0) is 6.18 Å². The van der Waals surface area contributed by atoms with Gasteiger partial charge in [0.2, 0.25) is 0 Å². The Hall–Kier alpha value is -1.74. The van der Waals surface area contributed by atoms with Crippen LogP contribution in [0.4, 0.5) is 24.5 Å². The molecule has 0 radical (unpaired) electrons. The maximum atomic E-state index is 13.5. The predicted molar refractivity (Wildman–Crippen MR) is 113 cm³/mol. The molecule has 2 heterocycles. The Morgan fingerprint density at radius 2 is 1.93 bits per heavy atom. The largest absolute Gasteiger partial charge is 0.416 e. The number of halogens is 3. The Bertz CT molecular complexity index is 890. The van der Waals surface area contributed by atoms with E-state index in [1.54, 1.807) is 6.07 Å². The van der Waals surface area contributed by atoms with Crippen LogP contribution >= 0.6 is 11.8 Å². The summed E-state index contributed by atoms with van der Waals surface area (Å²) in [7, 11) is 0. The van der Waals surface area contributed by atoms with Gasteiger partial charge in [-0.05, 0) is 43.2 Å². The molecule has 0 bridgehead atoms. The van der Waals surface area contributed by atoms with Gasteiger partial charge >= 0.3 is 6.18 Å². The zero-order valence-electron chi connectivity index (χ0n) is 16.8. The number of aliphatic hydroxyl groups excluding tert-OH is 1. The molecule has 1 fully saturated rings. The molecule has 4 rings (SSSR count). The summed E-state index contributed by atoms with van der Waals surface area (Å²) in [5.41, 5.74) is 0.926. The second-order valence-electron chi connectivity index (χ2n) is 7.67. The summed E-state index contributed by atoms with van der Waals surface area (Å²) in [5, 5.41) is 12.8. The van der Waals surface area contributed by atoms with Gasteiger partial charge in [0.05, 0.1) is 23.1 Å². The van der Waals surface area contributed by atoms with Crippen LogP contribution in [0.3, 0.4) is 0 Å². The van der Waals surface area contributed by atoms with Crippen LogP contribution in [0.1, 0.15) is 25.3 Å². The fourth-order valence-electron chi connectivity index (χ4n) is 4.36. The molecule has 2 aliphatic heterocycles. The molecule has 0 amide bonds. The first-order valence-corrected chi connectivity index (χ1v) is 11.1. The molecule has 2 N–H and O–H groups in total. The lowest BCUT2D eigenvalue weighted by Gasteiger charge is -2.46. The average molecular weight is 438 g/mol. The third-order valence-corrected chi connectivity index (χ3v) is 6.87. The highest BCUT2D eigenvalue weighted by Gasteiger charge is 2.37. The first-order valence-electron chi connectivity index (χ1n) is 10.3. The number of hydrogen-bond donors (Lipinski definition) is 2. The van der Waals surface area contributed by atoms with Crippen molar-refractivity contribution in [3.8, 4) is 0 Å². The van der Waals surface area contributed by atoms with Gasteiger partial charge in [0.25, 0.3) is 0 Å². The number of piperazine rings is 1. The normalized spacial score (nSPS) is 20.6. The fourth-order valence-corrected chi connectivity index (χ4v) is 5.41. The standard InChI is InChI=1S/C22H26F3N3OS/c1-2-21(27-11-10-26-16(14-27)9-12-29)28-17-5-3-4-6-19(17)30-20-8-7-15(13-18(20)28)22(23,24)25/h3-8,13,16,21,26,29H,2,9-12,14H2,1H3. The quantitative estimate of drug-likeness (QED) is 0.710. The molecule has 0 aromatic heterocycles. The molecular formula is C22H26F3N3OS. The van der Waals surface area contributed by atoms with Gasteiger partial charge in [-0.25, -0.2) is 0 Å². The van der Waals surface area contributed by atoms with E-state index < -0.39 is 11.7 Å². The topological polar surface area (TPSA) is 38.7 Å². The minimum atomic E-state index is -4.38. The van der Waals surface area contributed by atoms with Crippen LogP contribution in [0.5, 0.6) is 0 Å². The van der Waals surface area contributed by atoms with Gasteiger partial charge in [0, 0.05) is 42.1 Å². The fraction of sp³-hybridized carbons (Fsp3) is 0.455. The zero-order valence-corrected chi connectivity index (χ0v) is 17.6. The summed E-state index contributed by atoms with van der Waals surface area (Å²) in [6, 6.07) is 12.1. The van der Waals surface area contributed by atoms with E-state index in [-0.39, 0.29) is 18.8 Å². The van der Waals surface area contributed by atoms with Crippen molar-refractivity contribution < 1.29 is 18.3 Å². The summed E-state index contributed by atoms with van der Waals surface area (Å²) >= 11 is 1.52. The minimum absolute atomic E-state index is 0.0717. The number of fused-ring (bicyclic) bond motifs is 2. The van der Waals surface area contributed by atoms with Crippen LogP contribution in [0.15, 0.2) is 52.3 Å². The van der Waals surface area contributed by atoms with E-state index in [0.717, 1.165) is 41.5 Å². The van der Waals surface area contributed by atoms with Crippen molar-refractivity contribution in [1.82, 2.24) is 10.2 Å². The van der Waals surface area contributed by atoms with Gasteiger partial charge in [-0.3, -0.25) is 4.90 Å². The first-order chi connectivity index (χ1) is 14.4. The Labute approximate surface area is 179 Å². The maximum absolute atomic E-state index is 13.5. The summed E-state index contributed by atoms with van der Waals surface area (Å²) in [6.45, 7) is 4.54. The van der Waals surface area contributed by atoms with E-state index in [9.17, 15) is 18.3 Å². The highest BCUT2D eigenvalue weighted by atomic mass is 32.2. The Balaban J connectivity index is 1.77. The Morgan fingerprint density at radius 1 is 1.17 bits per heavy atom. The molecule has 162 valence electrons. The highest BCUT2D eigenvalue weighted by Crippen LogP contribution is 2.51. The number of nitrogens with one attached hydrogen (secondary N) is 1. The molecule has 2 aromatic rings. The van der Waals surface area contributed by atoms with E-state index in [1.807, 2.05) is 24.3 Å². The molecule has 0 aliphatic carbocycles. The molecule has 2 aromatic carbocycles. The van der Waals surface area contributed by atoms with Crippen LogP contribution in [0.25, 0.3) is 0 Å². The molecular weight excluding hydrogens is 411 g/mol. The molecule has 2 aliphatic rings. The third-order valence-electron chi connectivity index (χ3n) is 5.74. The number of nitrogens with zero attached hydrogens (tertiary/aromatic N) is 2. The van der Waals surface area contributed by atoms with Gasteiger partial charge in [0.15, 0.2) is 0 Å². The van der Waals surface area contributed by atoms with Crippen LogP contribution in [0.2, 0.25) is 0 Å². The lowest BCUT2D eigenvalue weighted by Crippen LogP contribution is -2.58. The van der Waals surface area contributed by atoms with E-state index in [1.165, 1.54) is 23.9 Å². The molecule has 2 unspecified atom stereocenters. The summed E-state index contributed by atoms with van der Waals surface area (Å²) in [4.78, 5) is 6.29. The Morgan fingerprint density at radius 3 is 2.67 bits per heavy atom. The molecule has 1 saturated heterocycles. The minimum Gasteiger partial charge on any atom is -0.396 e. The Kier molecular flexibility index (Phi) is 6.29. The van der Waals surface area contributed by atoms with Crippen LogP contribution < -0.4 is 10.2 Å². The lowest BCUT2D eigenvalue weighted by atomic mass is 10.1. The van der Waals surface area contributed by atoms with Crippen molar-refractivity contribution in [3.05, 3.63) is 48.0 Å². The predicted octanol–water partition coefficient (Wildman–Crippen LogP) is 4.70. The SMILES string of the molecule is CCC(N1CCNC(CCO)C1)N1c2ccccc2Sc2ccc(C(F)(F)F)cc21. The first kappa shape index (κ1) is 21.5. The van der Waals surface area contributed by atoms with Gasteiger partial charge in [-0.2, -0.15) is 13.2 Å². The number of hydrogen-bond acceptors (Lipinski definition) is 5. The second kappa shape index (κ2) is 8.78. The molecule has 8 heteroatoms. The maximum Gasteiger partial charge on any atom is 0.416 e. The van der Waals surface area contributed by atoms with E-state index in [4.69, 9.17) is 0 Å². The van der Waals surface area contributed by atoms with Crippen LogP contribution in [0, 0.1) is 0 Å². The number of para-hydroxylation sites is 1. The monoisotopic (exact) mass is 437 g/mol. The number of benzene rings is 2. The smallest absolute Gasteiger partial charge is 0.396 e. The van der Waals surface area contributed by atoms with Crippen molar-refractivity contribution in [2.45, 2.75) is 47.9 Å². The van der Waals surface area contributed by atoms with Crippen molar-refractivity contribution >= 4 is 23.1 Å². The van der Waals surface area contributed by atoms with Gasteiger partial charge in [0.1, 0.15) is 0 Å². The molecule has 4 nitrogen and oxygen atoms in total. The molecule has 0 saturated carbocycles. The highest BCUT2D eigenvalue weighted by molar-refractivity contribution is 7.99. The van der Waals surface area contributed by atoms with Gasteiger partial charge < -0.3 is 15.3 Å². The molecule has 0 spiro atoms. The van der Waals surface area contributed by atoms with Crippen molar-refractivity contribution in [2.24, 2.45) is 0 Å². The number of rotatable bonds is 5. The second-order valence-corrected chi connectivity index (χ2v) is 8.75. The molecule has 30 heavy (non-hydrogen) atoms.